The molecule has 106 valence electrons. The number of rotatable bonds is 6. The van der Waals surface area contributed by atoms with E-state index in [1.54, 1.807) is 6.08 Å². The van der Waals surface area contributed by atoms with Crippen molar-refractivity contribution in [2.45, 2.75) is 53.4 Å². The number of esters is 1. The van der Waals surface area contributed by atoms with Crippen LogP contribution in [-0.2, 0) is 9.53 Å². The summed E-state index contributed by atoms with van der Waals surface area (Å²) in [4.78, 5) is 11.4. The average molecular weight is 262 g/mol. The summed E-state index contributed by atoms with van der Waals surface area (Å²) in [6.07, 6.45) is 10.4. The van der Waals surface area contributed by atoms with Crippen LogP contribution < -0.4 is 0 Å². The molecule has 0 N–H and O–H groups in total. The first-order valence-electron chi connectivity index (χ1n) is 7.21. The van der Waals surface area contributed by atoms with Gasteiger partial charge >= 0.3 is 5.97 Å². The van der Waals surface area contributed by atoms with Crippen molar-refractivity contribution in [3.05, 3.63) is 34.9 Å². The van der Waals surface area contributed by atoms with Crippen LogP contribution in [0.3, 0.4) is 0 Å². The largest absolute Gasteiger partial charge is 0.463 e. The van der Waals surface area contributed by atoms with Crippen LogP contribution in [0.4, 0.5) is 0 Å². The first-order chi connectivity index (χ1) is 9.01. The fraction of sp³-hybridized carbons (Fsp3) is 0.588. The number of carbonyl (C=O) groups is 1. The van der Waals surface area contributed by atoms with Crippen LogP contribution >= 0.6 is 0 Å². The summed E-state index contributed by atoms with van der Waals surface area (Å²) >= 11 is 0. The van der Waals surface area contributed by atoms with Gasteiger partial charge in [-0.25, -0.2) is 4.79 Å². The molecule has 1 unspecified atom stereocenters. The third-order valence-corrected chi connectivity index (χ3v) is 3.25. The van der Waals surface area contributed by atoms with Gasteiger partial charge < -0.3 is 4.74 Å². The van der Waals surface area contributed by atoms with E-state index in [0.29, 0.717) is 12.5 Å². The van der Waals surface area contributed by atoms with E-state index in [9.17, 15) is 4.79 Å². The van der Waals surface area contributed by atoms with E-state index < -0.39 is 0 Å². The molecule has 0 bridgehead atoms. The van der Waals surface area contributed by atoms with Crippen LogP contribution in [0.15, 0.2) is 34.9 Å². The van der Waals surface area contributed by atoms with Gasteiger partial charge in [0.15, 0.2) is 0 Å². The fourth-order valence-electron chi connectivity index (χ4n) is 2.29. The summed E-state index contributed by atoms with van der Waals surface area (Å²) < 4.78 is 4.93. The van der Waals surface area contributed by atoms with E-state index in [1.165, 1.54) is 11.1 Å². The normalized spacial score (nSPS) is 18.1. The van der Waals surface area contributed by atoms with Crippen LogP contribution in [-0.4, -0.2) is 12.6 Å². The zero-order valence-corrected chi connectivity index (χ0v) is 12.7. The van der Waals surface area contributed by atoms with Crippen LogP contribution in [0.2, 0.25) is 0 Å². The highest BCUT2D eigenvalue weighted by molar-refractivity contribution is 5.83. The van der Waals surface area contributed by atoms with E-state index >= 15 is 0 Å². The third kappa shape index (κ3) is 6.42. The fourth-order valence-corrected chi connectivity index (χ4v) is 2.29. The van der Waals surface area contributed by atoms with Gasteiger partial charge in [-0.3, -0.25) is 0 Å². The average Bonchev–Trinajstić information content (AvgIpc) is 2.74. The minimum absolute atomic E-state index is 0.215. The molecule has 1 rings (SSSR count). The van der Waals surface area contributed by atoms with Crippen molar-refractivity contribution < 1.29 is 9.53 Å². The van der Waals surface area contributed by atoms with E-state index in [1.807, 2.05) is 6.92 Å². The molecular formula is C17H26O2. The van der Waals surface area contributed by atoms with Gasteiger partial charge in [0, 0.05) is 6.08 Å². The van der Waals surface area contributed by atoms with Gasteiger partial charge in [0.05, 0.1) is 6.61 Å². The molecular weight excluding hydrogens is 236 g/mol. The predicted molar refractivity (Wildman–Crippen MR) is 79.9 cm³/mol. The van der Waals surface area contributed by atoms with Gasteiger partial charge in [0.25, 0.3) is 0 Å². The predicted octanol–water partition coefficient (Wildman–Crippen LogP) is 4.58. The summed E-state index contributed by atoms with van der Waals surface area (Å²) in [7, 11) is 0. The van der Waals surface area contributed by atoms with E-state index in [2.05, 4.69) is 32.9 Å². The Morgan fingerprint density at radius 1 is 1.42 bits per heavy atom. The Morgan fingerprint density at radius 2 is 2.16 bits per heavy atom. The molecule has 0 heterocycles. The molecule has 0 aliphatic heterocycles. The molecule has 1 atom stereocenters. The highest BCUT2D eigenvalue weighted by atomic mass is 16.5. The molecule has 0 aromatic heterocycles. The summed E-state index contributed by atoms with van der Waals surface area (Å²) in [5.41, 5.74) is 3.96. The van der Waals surface area contributed by atoms with Gasteiger partial charge in [-0.05, 0) is 57.9 Å². The summed E-state index contributed by atoms with van der Waals surface area (Å²) in [5.74, 6) is 0.454. The number of carbonyl (C=O) groups excluding carboxylic acids is 1. The van der Waals surface area contributed by atoms with Crippen LogP contribution in [0.5, 0.6) is 0 Å². The molecule has 19 heavy (non-hydrogen) atoms. The van der Waals surface area contributed by atoms with Crippen molar-refractivity contribution in [2.24, 2.45) is 5.92 Å². The maximum Gasteiger partial charge on any atom is 0.331 e. The van der Waals surface area contributed by atoms with Gasteiger partial charge in [-0.15, -0.1) is 0 Å². The number of hydrogen-bond donors (Lipinski definition) is 0. The Bertz CT molecular complexity index is 395. The molecule has 0 aromatic rings. The topological polar surface area (TPSA) is 26.3 Å². The molecule has 0 radical (unpaired) electrons. The molecule has 1 aliphatic carbocycles. The minimum Gasteiger partial charge on any atom is -0.463 e. The molecule has 2 nitrogen and oxygen atoms in total. The van der Waals surface area contributed by atoms with Crippen molar-refractivity contribution in [2.75, 3.05) is 6.61 Å². The first kappa shape index (κ1) is 15.7. The van der Waals surface area contributed by atoms with Crippen molar-refractivity contribution in [3.8, 4) is 0 Å². The van der Waals surface area contributed by atoms with Gasteiger partial charge in [-0.2, -0.15) is 0 Å². The van der Waals surface area contributed by atoms with Crippen molar-refractivity contribution in [1.29, 1.82) is 0 Å². The Labute approximate surface area is 117 Å². The molecule has 0 saturated carbocycles. The van der Waals surface area contributed by atoms with Crippen molar-refractivity contribution in [3.63, 3.8) is 0 Å². The smallest absolute Gasteiger partial charge is 0.331 e. The Kier molecular flexibility index (Phi) is 6.61. The summed E-state index contributed by atoms with van der Waals surface area (Å²) in [6.45, 7) is 8.84. The molecule has 0 saturated heterocycles. The second-order valence-electron chi connectivity index (χ2n) is 5.60. The molecule has 0 amide bonds. The lowest BCUT2D eigenvalue weighted by molar-refractivity contribution is -0.137. The maximum absolute atomic E-state index is 11.4. The lowest BCUT2D eigenvalue weighted by Crippen LogP contribution is -1.99. The number of hydrogen-bond acceptors (Lipinski definition) is 2. The summed E-state index contributed by atoms with van der Waals surface area (Å²) in [5, 5.41) is 0. The maximum atomic E-state index is 11.4. The lowest BCUT2D eigenvalue weighted by Gasteiger charge is -2.09. The van der Waals surface area contributed by atoms with Gasteiger partial charge in [-0.1, -0.05) is 30.2 Å². The number of allylic oxidation sites excluding steroid dienone is 5. The third-order valence-electron chi connectivity index (χ3n) is 3.25. The Balaban J connectivity index is 2.48. The van der Waals surface area contributed by atoms with E-state index in [4.69, 9.17) is 4.74 Å². The first-order valence-corrected chi connectivity index (χ1v) is 7.21. The lowest BCUT2D eigenvalue weighted by atomic mass is 9.97. The monoisotopic (exact) mass is 262 g/mol. The molecule has 0 fully saturated rings. The Morgan fingerprint density at radius 3 is 2.79 bits per heavy atom. The van der Waals surface area contributed by atoms with Crippen LogP contribution in [0, 0.1) is 5.92 Å². The second-order valence-corrected chi connectivity index (χ2v) is 5.60. The highest BCUT2D eigenvalue weighted by Crippen LogP contribution is 2.29. The van der Waals surface area contributed by atoms with Crippen molar-refractivity contribution >= 4 is 5.97 Å². The molecule has 0 aromatic carbocycles. The number of ether oxygens (including phenoxy) is 1. The zero-order valence-electron chi connectivity index (χ0n) is 12.7. The van der Waals surface area contributed by atoms with Crippen molar-refractivity contribution in [1.82, 2.24) is 0 Å². The highest BCUT2D eigenvalue weighted by Gasteiger charge is 2.13. The Hall–Kier alpha value is -1.31. The van der Waals surface area contributed by atoms with Gasteiger partial charge in [0.2, 0.25) is 0 Å². The molecule has 1 aliphatic rings. The zero-order chi connectivity index (χ0) is 14.3. The standard InChI is InChI=1S/C17H26O2/c1-5-19-17(18)12-16-9-8-15(11-16)10-14(4)7-6-13(2)3/h6,11-12,14H,5,7-10H2,1-4H3/b16-12+. The van der Waals surface area contributed by atoms with Crippen LogP contribution in [0.1, 0.15) is 53.4 Å². The quantitative estimate of drug-likeness (QED) is 0.398. The second kappa shape index (κ2) is 7.98. The minimum atomic E-state index is -0.215. The van der Waals surface area contributed by atoms with Crippen LogP contribution in [0.25, 0.3) is 0 Å². The molecule has 2 heteroatoms. The van der Waals surface area contributed by atoms with Gasteiger partial charge in [0.1, 0.15) is 0 Å². The molecule has 0 spiro atoms. The van der Waals surface area contributed by atoms with E-state index in [-0.39, 0.29) is 5.97 Å². The summed E-state index contributed by atoms with van der Waals surface area (Å²) in [6, 6.07) is 0. The van der Waals surface area contributed by atoms with E-state index in [0.717, 1.165) is 31.3 Å². The SMILES string of the molecule is CCOC(=O)/C=C1/C=C(CC(C)CC=C(C)C)CC1.